The summed E-state index contributed by atoms with van der Waals surface area (Å²) < 4.78 is 17.1. The van der Waals surface area contributed by atoms with Gasteiger partial charge >= 0.3 is 0 Å². The number of methoxy groups -OCH3 is 2. The maximum Gasteiger partial charge on any atom is 0.170 e. The zero-order valence-electron chi connectivity index (χ0n) is 14.0. The van der Waals surface area contributed by atoms with E-state index >= 15 is 0 Å². The van der Waals surface area contributed by atoms with Gasteiger partial charge in [0.15, 0.2) is 23.0 Å². The van der Waals surface area contributed by atoms with Crippen LogP contribution in [0.15, 0.2) is 48.6 Å². The van der Waals surface area contributed by atoms with E-state index in [0.29, 0.717) is 23.0 Å². The van der Waals surface area contributed by atoms with Gasteiger partial charge in [0.2, 0.25) is 0 Å². The molecule has 0 heterocycles. The first-order valence-electron chi connectivity index (χ1n) is 7.52. The summed E-state index contributed by atoms with van der Waals surface area (Å²) in [6, 6.07) is 11.6. The molecule has 3 nitrogen and oxygen atoms in total. The standard InChI is InChI=1S/C20H22O3/c1-5-9-15-11-7-13-17(19(15)21-3)23-18-14-8-12-16(10-6-2)20(18)22-4/h5-14H,1-4H3/b9-5-,10-6-. The van der Waals surface area contributed by atoms with E-state index in [-0.39, 0.29) is 0 Å². The third kappa shape index (κ3) is 3.75. The van der Waals surface area contributed by atoms with Gasteiger partial charge < -0.3 is 14.2 Å². The third-order valence-electron chi connectivity index (χ3n) is 3.34. The lowest BCUT2D eigenvalue weighted by Crippen LogP contribution is -1.96. The zero-order chi connectivity index (χ0) is 16.7. The summed E-state index contributed by atoms with van der Waals surface area (Å²) in [6.07, 6.45) is 7.90. The van der Waals surface area contributed by atoms with Gasteiger partial charge in [-0.3, -0.25) is 0 Å². The molecule has 0 aromatic heterocycles. The molecule has 0 saturated carbocycles. The number of benzene rings is 2. The highest BCUT2D eigenvalue weighted by Gasteiger charge is 2.13. The van der Waals surface area contributed by atoms with Crippen LogP contribution in [0.2, 0.25) is 0 Å². The molecular formula is C20H22O3. The Morgan fingerprint density at radius 3 is 1.48 bits per heavy atom. The Kier molecular flexibility index (Phi) is 5.87. The first-order chi connectivity index (χ1) is 11.2. The molecule has 0 spiro atoms. The van der Waals surface area contributed by atoms with Gasteiger partial charge in [-0.2, -0.15) is 0 Å². The minimum atomic E-state index is 0.652. The summed E-state index contributed by atoms with van der Waals surface area (Å²) in [7, 11) is 3.28. The maximum absolute atomic E-state index is 6.08. The van der Waals surface area contributed by atoms with Crippen molar-refractivity contribution in [3.63, 3.8) is 0 Å². The van der Waals surface area contributed by atoms with Crippen LogP contribution in [0.1, 0.15) is 25.0 Å². The zero-order valence-corrected chi connectivity index (χ0v) is 14.0. The smallest absolute Gasteiger partial charge is 0.170 e. The van der Waals surface area contributed by atoms with E-state index in [9.17, 15) is 0 Å². The fraction of sp³-hybridized carbons (Fsp3) is 0.200. The number of rotatable bonds is 6. The molecule has 120 valence electrons. The molecule has 0 unspecified atom stereocenters. The maximum atomic E-state index is 6.08. The number of hydrogen-bond donors (Lipinski definition) is 0. The molecule has 2 aromatic rings. The normalized spacial score (nSPS) is 11.1. The number of allylic oxidation sites excluding steroid dienone is 2. The molecule has 0 aliphatic rings. The molecule has 2 rings (SSSR count). The minimum Gasteiger partial charge on any atom is -0.492 e. The van der Waals surface area contributed by atoms with Gasteiger partial charge in [-0.15, -0.1) is 0 Å². The Morgan fingerprint density at radius 1 is 0.696 bits per heavy atom. The molecule has 2 aromatic carbocycles. The molecule has 0 fully saturated rings. The van der Waals surface area contributed by atoms with Crippen molar-refractivity contribution in [1.29, 1.82) is 0 Å². The Balaban J connectivity index is 2.47. The Hall–Kier alpha value is -2.68. The second kappa shape index (κ2) is 8.08. The fourth-order valence-electron chi connectivity index (χ4n) is 2.40. The van der Waals surface area contributed by atoms with E-state index in [1.54, 1.807) is 14.2 Å². The molecule has 0 N–H and O–H groups in total. The van der Waals surface area contributed by atoms with Crippen LogP contribution in [0.25, 0.3) is 12.2 Å². The van der Waals surface area contributed by atoms with Crippen molar-refractivity contribution in [1.82, 2.24) is 0 Å². The van der Waals surface area contributed by atoms with E-state index in [1.165, 1.54) is 0 Å². The number of hydrogen-bond acceptors (Lipinski definition) is 3. The number of para-hydroxylation sites is 2. The van der Waals surface area contributed by atoms with Crippen LogP contribution in [0.4, 0.5) is 0 Å². The van der Waals surface area contributed by atoms with Crippen LogP contribution >= 0.6 is 0 Å². The Bertz CT molecular complexity index is 653. The fourth-order valence-corrected chi connectivity index (χ4v) is 2.40. The minimum absolute atomic E-state index is 0.652. The molecule has 0 aliphatic heterocycles. The van der Waals surface area contributed by atoms with E-state index in [1.807, 2.05) is 74.5 Å². The lowest BCUT2D eigenvalue weighted by molar-refractivity contribution is 0.355. The van der Waals surface area contributed by atoms with Crippen molar-refractivity contribution >= 4 is 12.2 Å². The van der Waals surface area contributed by atoms with Crippen molar-refractivity contribution in [3.8, 4) is 23.0 Å². The Labute approximate surface area is 137 Å². The molecule has 23 heavy (non-hydrogen) atoms. The third-order valence-corrected chi connectivity index (χ3v) is 3.34. The monoisotopic (exact) mass is 310 g/mol. The van der Waals surface area contributed by atoms with E-state index in [2.05, 4.69) is 0 Å². The summed E-state index contributed by atoms with van der Waals surface area (Å²) in [5, 5.41) is 0. The molecule has 3 heteroatoms. The predicted octanol–water partition coefficient (Wildman–Crippen LogP) is 5.56. The lowest BCUT2D eigenvalue weighted by atomic mass is 10.1. The lowest BCUT2D eigenvalue weighted by Gasteiger charge is -2.15. The second-order valence-corrected chi connectivity index (χ2v) is 4.86. The van der Waals surface area contributed by atoms with Gasteiger partial charge in [0.05, 0.1) is 14.2 Å². The average molecular weight is 310 g/mol. The van der Waals surface area contributed by atoms with E-state index in [4.69, 9.17) is 14.2 Å². The summed E-state index contributed by atoms with van der Waals surface area (Å²) in [6.45, 7) is 3.94. The summed E-state index contributed by atoms with van der Waals surface area (Å²) in [5.41, 5.74) is 1.94. The van der Waals surface area contributed by atoms with Crippen LogP contribution in [0.3, 0.4) is 0 Å². The van der Waals surface area contributed by atoms with Crippen molar-refractivity contribution < 1.29 is 14.2 Å². The predicted molar refractivity (Wildman–Crippen MR) is 95.5 cm³/mol. The van der Waals surface area contributed by atoms with Gasteiger partial charge in [0.1, 0.15) is 0 Å². The Morgan fingerprint density at radius 2 is 1.13 bits per heavy atom. The van der Waals surface area contributed by atoms with E-state index < -0.39 is 0 Å². The van der Waals surface area contributed by atoms with Crippen LogP contribution in [0, 0.1) is 0 Å². The molecule has 0 saturated heterocycles. The topological polar surface area (TPSA) is 27.7 Å². The highest BCUT2D eigenvalue weighted by Crippen LogP contribution is 2.40. The highest BCUT2D eigenvalue weighted by molar-refractivity contribution is 5.65. The van der Waals surface area contributed by atoms with Gasteiger partial charge in [-0.1, -0.05) is 48.6 Å². The largest absolute Gasteiger partial charge is 0.492 e. The van der Waals surface area contributed by atoms with Crippen molar-refractivity contribution in [2.75, 3.05) is 14.2 Å². The average Bonchev–Trinajstić information content (AvgIpc) is 2.56. The van der Waals surface area contributed by atoms with Gasteiger partial charge in [0, 0.05) is 11.1 Å². The van der Waals surface area contributed by atoms with Crippen LogP contribution < -0.4 is 14.2 Å². The van der Waals surface area contributed by atoms with Crippen LogP contribution in [-0.4, -0.2) is 14.2 Å². The van der Waals surface area contributed by atoms with Gasteiger partial charge in [0.25, 0.3) is 0 Å². The molecule has 0 aliphatic carbocycles. The van der Waals surface area contributed by atoms with Crippen molar-refractivity contribution in [2.45, 2.75) is 13.8 Å². The molecular weight excluding hydrogens is 288 g/mol. The van der Waals surface area contributed by atoms with Crippen LogP contribution in [-0.2, 0) is 0 Å². The summed E-state index contributed by atoms with van der Waals surface area (Å²) >= 11 is 0. The quantitative estimate of drug-likeness (QED) is 0.699. The van der Waals surface area contributed by atoms with Crippen molar-refractivity contribution in [2.24, 2.45) is 0 Å². The van der Waals surface area contributed by atoms with Crippen molar-refractivity contribution in [3.05, 3.63) is 59.7 Å². The molecule has 0 atom stereocenters. The highest BCUT2D eigenvalue weighted by atomic mass is 16.5. The van der Waals surface area contributed by atoms with Crippen LogP contribution in [0.5, 0.6) is 23.0 Å². The second-order valence-electron chi connectivity index (χ2n) is 4.86. The van der Waals surface area contributed by atoms with Gasteiger partial charge in [-0.25, -0.2) is 0 Å². The number of ether oxygens (including phenoxy) is 3. The molecule has 0 amide bonds. The first kappa shape index (κ1) is 16.7. The summed E-state index contributed by atoms with van der Waals surface area (Å²) in [4.78, 5) is 0. The first-order valence-corrected chi connectivity index (χ1v) is 7.52. The SMILES string of the molecule is C/C=C\c1cccc(Oc2cccc(/C=C\C)c2OC)c1OC. The molecule has 0 bridgehead atoms. The van der Waals surface area contributed by atoms with E-state index in [0.717, 1.165) is 11.1 Å². The molecule has 0 radical (unpaired) electrons. The van der Waals surface area contributed by atoms with Gasteiger partial charge in [-0.05, 0) is 26.0 Å². The summed E-state index contributed by atoms with van der Waals surface area (Å²) in [5.74, 6) is 2.70.